The summed E-state index contributed by atoms with van der Waals surface area (Å²) in [5.41, 5.74) is 2.89. The second-order valence-electron chi connectivity index (χ2n) is 6.67. The molecule has 1 heterocycles. The maximum atomic E-state index is 12.4. The van der Waals surface area contributed by atoms with Crippen molar-refractivity contribution >= 4 is 52.3 Å². The van der Waals surface area contributed by atoms with Crippen LogP contribution in [0.3, 0.4) is 0 Å². The first-order valence-corrected chi connectivity index (χ1v) is 11.5. The van der Waals surface area contributed by atoms with Crippen molar-refractivity contribution in [2.75, 3.05) is 5.32 Å². The highest BCUT2D eigenvalue weighted by Gasteiger charge is 2.19. The van der Waals surface area contributed by atoms with Crippen molar-refractivity contribution < 1.29 is 14.3 Å². The lowest BCUT2D eigenvalue weighted by molar-refractivity contribution is -0.123. The second kappa shape index (κ2) is 10.1. The van der Waals surface area contributed by atoms with Crippen molar-refractivity contribution in [3.05, 3.63) is 74.7 Å². The summed E-state index contributed by atoms with van der Waals surface area (Å²) in [5.74, 6) is -0.194. The molecular formula is C22H21ClN2O3S2. The lowest BCUT2D eigenvalue weighted by Crippen LogP contribution is -2.30. The summed E-state index contributed by atoms with van der Waals surface area (Å²) < 4.78 is 5.31. The van der Waals surface area contributed by atoms with Crippen LogP contribution in [0.1, 0.15) is 33.5 Å². The Morgan fingerprint density at radius 2 is 1.93 bits per heavy atom. The van der Waals surface area contributed by atoms with Gasteiger partial charge in [0.25, 0.3) is 5.91 Å². The van der Waals surface area contributed by atoms with Crippen molar-refractivity contribution in [2.24, 2.45) is 0 Å². The molecule has 0 radical (unpaired) electrons. The maximum absolute atomic E-state index is 12.4. The summed E-state index contributed by atoms with van der Waals surface area (Å²) in [7, 11) is 0. The van der Waals surface area contributed by atoms with Gasteiger partial charge in [-0.15, -0.1) is 23.1 Å². The number of esters is 1. The first-order chi connectivity index (χ1) is 14.3. The van der Waals surface area contributed by atoms with E-state index in [0.717, 1.165) is 26.9 Å². The van der Waals surface area contributed by atoms with Crippen LogP contribution in [-0.2, 0) is 15.3 Å². The molecule has 0 bridgehead atoms. The van der Waals surface area contributed by atoms with Gasteiger partial charge in [-0.05, 0) is 62.7 Å². The number of carbonyl (C=O) groups is 2. The normalized spacial score (nSPS) is 11.7. The molecule has 156 valence electrons. The van der Waals surface area contributed by atoms with Crippen molar-refractivity contribution in [2.45, 2.75) is 37.5 Å². The number of nitrogens with zero attached hydrogens (tertiary/aromatic N) is 1. The minimum absolute atomic E-state index is 0.391. The number of benzene rings is 2. The van der Waals surface area contributed by atoms with Gasteiger partial charge in [0.2, 0.25) is 0 Å². The molecule has 0 spiro atoms. The lowest BCUT2D eigenvalue weighted by Gasteiger charge is -2.15. The van der Waals surface area contributed by atoms with E-state index in [1.54, 1.807) is 47.4 Å². The highest BCUT2D eigenvalue weighted by Crippen LogP contribution is 2.24. The quantitative estimate of drug-likeness (QED) is 0.351. The molecule has 2 aromatic carbocycles. The van der Waals surface area contributed by atoms with Gasteiger partial charge < -0.3 is 10.1 Å². The van der Waals surface area contributed by atoms with E-state index in [0.29, 0.717) is 16.3 Å². The number of aryl methyl sites for hydroxylation is 2. The molecule has 1 atom stereocenters. The smallest absolute Gasteiger partial charge is 0.338 e. The van der Waals surface area contributed by atoms with Crippen molar-refractivity contribution in [1.82, 2.24) is 4.98 Å². The Morgan fingerprint density at radius 3 is 2.60 bits per heavy atom. The second-order valence-corrected chi connectivity index (χ2v) is 9.21. The van der Waals surface area contributed by atoms with Gasteiger partial charge in [-0.1, -0.05) is 17.7 Å². The number of thioether (sulfide) groups is 1. The molecule has 1 N–H and O–H groups in total. The Labute approximate surface area is 188 Å². The van der Waals surface area contributed by atoms with Gasteiger partial charge in [0.05, 0.1) is 16.3 Å². The number of thiazole rings is 1. The number of ether oxygens (including phenoxy) is 1. The van der Waals surface area contributed by atoms with Gasteiger partial charge in [-0.3, -0.25) is 4.79 Å². The number of carbonyl (C=O) groups excluding carboxylic acids is 2. The molecule has 0 aliphatic rings. The van der Waals surface area contributed by atoms with Crippen LogP contribution in [0, 0.1) is 13.8 Å². The number of aromatic nitrogens is 1. The molecule has 3 rings (SSSR count). The van der Waals surface area contributed by atoms with E-state index in [-0.39, 0.29) is 0 Å². The number of anilines is 1. The maximum Gasteiger partial charge on any atom is 0.338 e. The summed E-state index contributed by atoms with van der Waals surface area (Å²) in [5, 5.41) is 6.35. The molecule has 1 amide bonds. The van der Waals surface area contributed by atoms with E-state index in [1.165, 1.54) is 6.92 Å². The van der Waals surface area contributed by atoms with E-state index in [2.05, 4.69) is 10.3 Å². The summed E-state index contributed by atoms with van der Waals surface area (Å²) in [4.78, 5) is 30.2. The summed E-state index contributed by atoms with van der Waals surface area (Å²) in [6, 6.07) is 12.3. The molecular weight excluding hydrogens is 440 g/mol. The predicted molar refractivity (Wildman–Crippen MR) is 123 cm³/mol. The molecule has 1 unspecified atom stereocenters. The minimum Gasteiger partial charge on any atom is -0.449 e. The van der Waals surface area contributed by atoms with E-state index in [9.17, 15) is 9.59 Å². The highest BCUT2D eigenvalue weighted by atomic mass is 35.5. The third-order valence-corrected chi connectivity index (χ3v) is 6.36. The number of amides is 1. The molecule has 30 heavy (non-hydrogen) atoms. The highest BCUT2D eigenvalue weighted by molar-refractivity contribution is 7.98. The zero-order chi connectivity index (χ0) is 21.7. The standard InChI is InChI=1S/C22H21ClN2O3S2/c1-13-4-7-17(23)10-20(13)25-21(26)14(2)28-22(27)16-5-8-19(9-6-16)30-12-18-11-29-15(3)24-18/h4-11,14H,12H2,1-3H3,(H,25,26). The SMILES string of the molecule is Cc1nc(CSc2ccc(C(=O)OC(C)C(=O)Nc3cc(Cl)ccc3C)cc2)cs1. The molecule has 0 aliphatic heterocycles. The van der Waals surface area contributed by atoms with E-state index < -0.39 is 18.0 Å². The van der Waals surface area contributed by atoms with Crippen LogP contribution >= 0.6 is 34.7 Å². The predicted octanol–water partition coefficient (Wildman–Crippen LogP) is 5.89. The van der Waals surface area contributed by atoms with Crippen LogP contribution in [0.15, 0.2) is 52.7 Å². The fourth-order valence-electron chi connectivity index (χ4n) is 2.56. The Bertz CT molecular complexity index is 1050. The zero-order valence-electron chi connectivity index (χ0n) is 16.8. The first kappa shape index (κ1) is 22.3. The Balaban J connectivity index is 1.54. The van der Waals surface area contributed by atoms with Crippen LogP contribution in [0.4, 0.5) is 5.69 Å². The number of hydrogen-bond donors (Lipinski definition) is 1. The number of nitrogens with one attached hydrogen (secondary N) is 1. The third kappa shape index (κ3) is 6.08. The summed E-state index contributed by atoms with van der Waals surface area (Å²) in [6.45, 7) is 5.38. The lowest BCUT2D eigenvalue weighted by atomic mass is 10.2. The van der Waals surface area contributed by atoms with Gasteiger partial charge in [-0.25, -0.2) is 9.78 Å². The molecule has 5 nitrogen and oxygen atoms in total. The van der Waals surface area contributed by atoms with E-state index in [1.807, 2.05) is 37.4 Å². The molecule has 3 aromatic rings. The number of hydrogen-bond acceptors (Lipinski definition) is 6. The Kier molecular flexibility index (Phi) is 7.53. The van der Waals surface area contributed by atoms with Gasteiger partial charge in [0.1, 0.15) is 0 Å². The van der Waals surface area contributed by atoms with Crippen LogP contribution in [0.25, 0.3) is 0 Å². The molecule has 0 saturated carbocycles. The van der Waals surface area contributed by atoms with E-state index in [4.69, 9.17) is 16.3 Å². The molecule has 0 fully saturated rings. The zero-order valence-corrected chi connectivity index (χ0v) is 19.2. The van der Waals surface area contributed by atoms with Crippen molar-refractivity contribution in [1.29, 1.82) is 0 Å². The molecule has 0 saturated heterocycles. The number of rotatable bonds is 7. The summed E-state index contributed by atoms with van der Waals surface area (Å²) in [6.07, 6.45) is -0.946. The van der Waals surface area contributed by atoms with Crippen LogP contribution < -0.4 is 5.32 Å². The fraction of sp³-hybridized carbons (Fsp3) is 0.227. The summed E-state index contributed by atoms with van der Waals surface area (Å²) >= 11 is 9.25. The van der Waals surface area contributed by atoms with Crippen molar-refractivity contribution in [3.8, 4) is 0 Å². The monoisotopic (exact) mass is 460 g/mol. The Morgan fingerprint density at radius 1 is 1.20 bits per heavy atom. The van der Waals surface area contributed by atoms with Gasteiger partial charge >= 0.3 is 5.97 Å². The largest absolute Gasteiger partial charge is 0.449 e. The topological polar surface area (TPSA) is 68.3 Å². The fourth-order valence-corrected chi connectivity index (χ4v) is 4.25. The van der Waals surface area contributed by atoms with Crippen LogP contribution in [0.5, 0.6) is 0 Å². The number of halogens is 1. The van der Waals surface area contributed by atoms with Gasteiger partial charge in [0.15, 0.2) is 6.10 Å². The minimum atomic E-state index is -0.946. The van der Waals surface area contributed by atoms with E-state index >= 15 is 0 Å². The van der Waals surface area contributed by atoms with Crippen LogP contribution in [-0.4, -0.2) is 23.0 Å². The van der Waals surface area contributed by atoms with Gasteiger partial charge in [0, 0.05) is 26.7 Å². The third-order valence-electron chi connectivity index (χ3n) is 4.25. The van der Waals surface area contributed by atoms with Gasteiger partial charge in [-0.2, -0.15) is 0 Å². The molecule has 8 heteroatoms. The molecule has 1 aromatic heterocycles. The van der Waals surface area contributed by atoms with Crippen molar-refractivity contribution in [3.63, 3.8) is 0 Å². The first-order valence-electron chi connectivity index (χ1n) is 9.23. The Hall–Kier alpha value is -2.35. The molecule has 0 aliphatic carbocycles. The van der Waals surface area contributed by atoms with Crippen LogP contribution in [0.2, 0.25) is 5.02 Å². The average molecular weight is 461 g/mol. The average Bonchev–Trinajstić information content (AvgIpc) is 3.14.